The highest BCUT2D eigenvalue weighted by molar-refractivity contribution is 5.74. The van der Waals surface area contributed by atoms with Crippen LogP contribution in [0.4, 0.5) is 10.6 Å². The molecule has 3 heterocycles. The highest BCUT2D eigenvalue weighted by Crippen LogP contribution is 2.26. The van der Waals surface area contributed by atoms with Crippen molar-refractivity contribution in [3.05, 3.63) is 37.1 Å². The number of imidazole rings is 1. The summed E-state index contributed by atoms with van der Waals surface area (Å²) in [5.74, 6) is 1.55. The summed E-state index contributed by atoms with van der Waals surface area (Å²) in [6, 6.07) is 3.72. The Labute approximate surface area is 147 Å². The van der Waals surface area contributed by atoms with E-state index in [0.717, 1.165) is 18.0 Å². The molecule has 2 aromatic heterocycles. The van der Waals surface area contributed by atoms with E-state index in [2.05, 4.69) is 15.3 Å². The molecule has 25 heavy (non-hydrogen) atoms. The third-order valence-corrected chi connectivity index (χ3v) is 4.11. The van der Waals surface area contributed by atoms with Gasteiger partial charge in [-0.15, -0.1) is 0 Å². The first-order valence-electron chi connectivity index (χ1n) is 8.41. The van der Waals surface area contributed by atoms with Gasteiger partial charge in [0.25, 0.3) is 0 Å². The SMILES string of the molecule is CN(C)c1ncccc1O[C@H]1CCN(C(=O)NCCn2ccnc2)C1. The van der Waals surface area contributed by atoms with Gasteiger partial charge in [-0.1, -0.05) is 0 Å². The Morgan fingerprint density at radius 1 is 1.44 bits per heavy atom. The van der Waals surface area contributed by atoms with Crippen molar-refractivity contribution in [2.45, 2.75) is 19.1 Å². The van der Waals surface area contributed by atoms with Crippen molar-refractivity contribution < 1.29 is 9.53 Å². The maximum absolute atomic E-state index is 12.3. The molecule has 134 valence electrons. The van der Waals surface area contributed by atoms with E-state index in [0.29, 0.717) is 26.2 Å². The number of rotatable bonds is 6. The zero-order valence-corrected chi connectivity index (χ0v) is 14.6. The van der Waals surface area contributed by atoms with Crippen LogP contribution in [0.2, 0.25) is 0 Å². The fourth-order valence-corrected chi connectivity index (χ4v) is 2.82. The number of ether oxygens (including phenoxy) is 1. The van der Waals surface area contributed by atoms with Crippen LogP contribution < -0.4 is 15.0 Å². The minimum atomic E-state index is -0.0507. The molecule has 1 atom stereocenters. The van der Waals surface area contributed by atoms with Crippen LogP contribution in [0, 0.1) is 0 Å². The quantitative estimate of drug-likeness (QED) is 0.852. The summed E-state index contributed by atoms with van der Waals surface area (Å²) < 4.78 is 8.01. The van der Waals surface area contributed by atoms with Gasteiger partial charge in [-0.05, 0) is 12.1 Å². The number of hydrogen-bond acceptors (Lipinski definition) is 5. The second-order valence-electron chi connectivity index (χ2n) is 6.23. The van der Waals surface area contributed by atoms with Gasteiger partial charge in [-0.3, -0.25) is 0 Å². The van der Waals surface area contributed by atoms with Crippen LogP contribution in [-0.2, 0) is 6.54 Å². The number of nitrogens with one attached hydrogen (secondary N) is 1. The number of hydrogen-bond donors (Lipinski definition) is 1. The van der Waals surface area contributed by atoms with Gasteiger partial charge in [0.05, 0.1) is 12.9 Å². The summed E-state index contributed by atoms with van der Waals surface area (Å²) in [6.45, 7) is 2.56. The molecule has 1 saturated heterocycles. The highest BCUT2D eigenvalue weighted by Gasteiger charge is 2.28. The lowest BCUT2D eigenvalue weighted by Gasteiger charge is -2.20. The second-order valence-corrected chi connectivity index (χ2v) is 6.23. The number of carbonyl (C=O) groups is 1. The van der Waals surface area contributed by atoms with Crippen molar-refractivity contribution in [2.75, 3.05) is 38.6 Å². The normalized spacial score (nSPS) is 16.7. The average molecular weight is 344 g/mol. The molecule has 2 amide bonds. The number of pyridine rings is 1. The molecular formula is C17H24N6O2. The molecule has 1 N–H and O–H groups in total. The van der Waals surface area contributed by atoms with E-state index in [1.54, 1.807) is 23.6 Å². The van der Waals surface area contributed by atoms with E-state index in [-0.39, 0.29) is 12.1 Å². The Morgan fingerprint density at radius 2 is 2.32 bits per heavy atom. The van der Waals surface area contributed by atoms with Crippen LogP contribution in [0.25, 0.3) is 0 Å². The molecule has 8 heteroatoms. The summed E-state index contributed by atoms with van der Waals surface area (Å²) in [5.41, 5.74) is 0. The van der Waals surface area contributed by atoms with Gasteiger partial charge >= 0.3 is 6.03 Å². The lowest BCUT2D eigenvalue weighted by Crippen LogP contribution is -2.40. The van der Waals surface area contributed by atoms with E-state index in [1.807, 2.05) is 41.9 Å². The zero-order chi connectivity index (χ0) is 17.6. The molecule has 0 saturated carbocycles. The fourth-order valence-electron chi connectivity index (χ4n) is 2.82. The van der Waals surface area contributed by atoms with Crippen LogP contribution >= 0.6 is 0 Å². The molecule has 0 unspecified atom stereocenters. The molecule has 1 aliphatic rings. The van der Waals surface area contributed by atoms with Gasteiger partial charge in [-0.25, -0.2) is 14.8 Å². The van der Waals surface area contributed by atoms with Crippen LogP contribution in [0.15, 0.2) is 37.1 Å². The number of nitrogens with zero attached hydrogens (tertiary/aromatic N) is 5. The number of carbonyl (C=O) groups excluding carboxylic acids is 1. The Morgan fingerprint density at radius 3 is 3.08 bits per heavy atom. The van der Waals surface area contributed by atoms with Crippen molar-refractivity contribution in [2.24, 2.45) is 0 Å². The molecular weight excluding hydrogens is 320 g/mol. The van der Waals surface area contributed by atoms with Crippen molar-refractivity contribution in [1.82, 2.24) is 24.8 Å². The van der Waals surface area contributed by atoms with Crippen molar-refractivity contribution in [1.29, 1.82) is 0 Å². The molecule has 1 aliphatic heterocycles. The predicted molar refractivity (Wildman–Crippen MR) is 94.8 cm³/mol. The van der Waals surface area contributed by atoms with Crippen molar-refractivity contribution >= 4 is 11.8 Å². The van der Waals surface area contributed by atoms with Crippen LogP contribution in [0.3, 0.4) is 0 Å². The number of aromatic nitrogens is 3. The third kappa shape index (κ3) is 4.40. The molecule has 1 fully saturated rings. The van der Waals surface area contributed by atoms with Gasteiger partial charge in [-0.2, -0.15) is 0 Å². The van der Waals surface area contributed by atoms with E-state index < -0.39 is 0 Å². The fraction of sp³-hybridized carbons (Fsp3) is 0.471. The minimum absolute atomic E-state index is 0.0118. The summed E-state index contributed by atoms with van der Waals surface area (Å²) >= 11 is 0. The molecule has 0 bridgehead atoms. The smallest absolute Gasteiger partial charge is 0.317 e. The minimum Gasteiger partial charge on any atom is -0.485 e. The van der Waals surface area contributed by atoms with E-state index >= 15 is 0 Å². The molecule has 3 rings (SSSR count). The Hall–Kier alpha value is -2.77. The van der Waals surface area contributed by atoms with E-state index in [4.69, 9.17) is 4.74 Å². The van der Waals surface area contributed by atoms with Gasteiger partial charge in [0.15, 0.2) is 11.6 Å². The van der Waals surface area contributed by atoms with Gasteiger partial charge < -0.3 is 24.4 Å². The number of urea groups is 1. The largest absolute Gasteiger partial charge is 0.485 e. The summed E-state index contributed by atoms with van der Waals surface area (Å²) in [5, 5.41) is 2.94. The van der Waals surface area contributed by atoms with Crippen molar-refractivity contribution in [3.63, 3.8) is 0 Å². The zero-order valence-electron chi connectivity index (χ0n) is 14.6. The van der Waals surface area contributed by atoms with E-state index in [1.165, 1.54) is 0 Å². The molecule has 2 aromatic rings. The molecule has 8 nitrogen and oxygen atoms in total. The van der Waals surface area contributed by atoms with Crippen LogP contribution in [0.1, 0.15) is 6.42 Å². The summed E-state index contributed by atoms with van der Waals surface area (Å²) in [6.07, 6.45) is 7.89. The van der Waals surface area contributed by atoms with Crippen LogP contribution in [0.5, 0.6) is 5.75 Å². The molecule has 0 aliphatic carbocycles. The molecule has 0 spiro atoms. The Bertz CT molecular complexity index is 688. The number of anilines is 1. The van der Waals surface area contributed by atoms with Crippen molar-refractivity contribution in [3.8, 4) is 5.75 Å². The lowest BCUT2D eigenvalue weighted by molar-refractivity contribution is 0.187. The summed E-state index contributed by atoms with van der Waals surface area (Å²) in [7, 11) is 3.87. The maximum Gasteiger partial charge on any atom is 0.317 e. The summed E-state index contributed by atoms with van der Waals surface area (Å²) in [4.78, 5) is 24.3. The standard InChI is InChI=1S/C17H24N6O2/c1-21(2)16-15(4-3-6-19-16)25-14-5-9-23(12-14)17(24)20-8-11-22-10-7-18-13-22/h3-4,6-7,10,13-14H,5,8-9,11-12H2,1-2H3,(H,20,24)/t14-/m0/s1. The first kappa shape index (κ1) is 17.1. The Balaban J connectivity index is 1.47. The predicted octanol–water partition coefficient (Wildman–Crippen LogP) is 1.21. The second kappa shape index (κ2) is 7.87. The van der Waals surface area contributed by atoms with Gasteiger partial charge in [0.1, 0.15) is 6.10 Å². The third-order valence-electron chi connectivity index (χ3n) is 4.11. The first-order chi connectivity index (χ1) is 12.1. The molecule has 0 radical (unpaired) electrons. The topological polar surface area (TPSA) is 75.5 Å². The van der Waals surface area contributed by atoms with Crippen LogP contribution in [-0.4, -0.2) is 65.3 Å². The monoisotopic (exact) mass is 344 g/mol. The van der Waals surface area contributed by atoms with Gasteiger partial charge in [0, 0.05) is 58.7 Å². The molecule has 0 aromatic carbocycles. The van der Waals surface area contributed by atoms with E-state index in [9.17, 15) is 4.79 Å². The number of likely N-dealkylation sites (tertiary alicyclic amines) is 1. The maximum atomic E-state index is 12.3. The lowest BCUT2D eigenvalue weighted by atomic mass is 10.3. The first-order valence-corrected chi connectivity index (χ1v) is 8.41. The Kier molecular flexibility index (Phi) is 5.37. The number of amides is 2. The average Bonchev–Trinajstić information content (AvgIpc) is 3.27. The van der Waals surface area contributed by atoms with Gasteiger partial charge in [0.2, 0.25) is 0 Å². The highest BCUT2D eigenvalue weighted by atomic mass is 16.5.